The maximum Gasteiger partial charge on any atom is 0.162 e. The first-order valence-electron chi connectivity index (χ1n) is 6.13. The summed E-state index contributed by atoms with van der Waals surface area (Å²) in [5, 5.41) is 0.396. The number of hydrogen-bond donors (Lipinski definition) is 1. The summed E-state index contributed by atoms with van der Waals surface area (Å²) >= 11 is 6.10. The quantitative estimate of drug-likeness (QED) is 0.913. The molecule has 1 unspecified atom stereocenters. The Labute approximate surface area is 121 Å². The van der Waals surface area contributed by atoms with Gasteiger partial charge in [0.1, 0.15) is 11.5 Å². The SMILES string of the molecule is CC(N)Cc1cccc(Cl)c1Oc1ccc(F)c(F)c1. The fourth-order valence-electron chi connectivity index (χ4n) is 1.83. The second kappa shape index (κ2) is 6.20. The van der Waals surface area contributed by atoms with E-state index in [0.29, 0.717) is 17.2 Å². The Kier molecular flexibility index (Phi) is 4.57. The second-order valence-corrected chi connectivity index (χ2v) is 4.99. The Bertz CT molecular complexity index is 617. The van der Waals surface area contributed by atoms with E-state index in [4.69, 9.17) is 22.1 Å². The number of nitrogens with two attached hydrogens (primary N) is 1. The molecule has 2 nitrogen and oxygen atoms in total. The van der Waals surface area contributed by atoms with E-state index in [-0.39, 0.29) is 11.8 Å². The third-order valence-corrected chi connectivity index (χ3v) is 3.00. The fraction of sp³-hybridized carbons (Fsp3) is 0.200. The highest BCUT2D eigenvalue weighted by molar-refractivity contribution is 6.32. The van der Waals surface area contributed by atoms with Crippen LogP contribution in [0.5, 0.6) is 11.5 Å². The lowest BCUT2D eigenvalue weighted by molar-refractivity contribution is 0.456. The molecule has 0 radical (unpaired) electrons. The van der Waals surface area contributed by atoms with E-state index in [0.717, 1.165) is 17.7 Å². The van der Waals surface area contributed by atoms with Crippen molar-refractivity contribution in [3.63, 3.8) is 0 Å². The molecule has 0 aliphatic carbocycles. The van der Waals surface area contributed by atoms with Crippen molar-refractivity contribution >= 4 is 11.6 Å². The van der Waals surface area contributed by atoms with Crippen molar-refractivity contribution in [1.29, 1.82) is 0 Å². The number of benzene rings is 2. The molecule has 0 heterocycles. The van der Waals surface area contributed by atoms with Gasteiger partial charge in [0, 0.05) is 12.1 Å². The summed E-state index contributed by atoms with van der Waals surface area (Å²) in [4.78, 5) is 0. The van der Waals surface area contributed by atoms with Gasteiger partial charge in [-0.3, -0.25) is 0 Å². The van der Waals surface area contributed by atoms with Gasteiger partial charge in [0.15, 0.2) is 11.6 Å². The van der Waals surface area contributed by atoms with Crippen LogP contribution in [0.4, 0.5) is 8.78 Å². The topological polar surface area (TPSA) is 35.2 Å². The summed E-state index contributed by atoms with van der Waals surface area (Å²) in [6.07, 6.45) is 0.569. The lowest BCUT2D eigenvalue weighted by Crippen LogP contribution is -2.18. The van der Waals surface area contributed by atoms with Crippen molar-refractivity contribution in [3.8, 4) is 11.5 Å². The molecule has 0 aliphatic heterocycles. The summed E-state index contributed by atoms with van der Waals surface area (Å²) < 4.78 is 31.7. The average molecular weight is 298 g/mol. The summed E-state index contributed by atoms with van der Waals surface area (Å²) in [5.41, 5.74) is 6.59. The molecule has 0 fully saturated rings. The minimum Gasteiger partial charge on any atom is -0.455 e. The van der Waals surface area contributed by atoms with Gasteiger partial charge in [0.05, 0.1) is 5.02 Å². The molecule has 5 heteroatoms. The Morgan fingerprint density at radius 2 is 1.95 bits per heavy atom. The van der Waals surface area contributed by atoms with Crippen LogP contribution in [0.2, 0.25) is 5.02 Å². The van der Waals surface area contributed by atoms with E-state index in [1.807, 2.05) is 13.0 Å². The smallest absolute Gasteiger partial charge is 0.162 e. The molecule has 0 spiro atoms. The molecule has 0 aliphatic rings. The Morgan fingerprint density at radius 3 is 2.60 bits per heavy atom. The van der Waals surface area contributed by atoms with E-state index < -0.39 is 11.6 Å². The van der Waals surface area contributed by atoms with Crippen molar-refractivity contribution in [3.05, 3.63) is 58.6 Å². The third kappa shape index (κ3) is 3.46. The second-order valence-electron chi connectivity index (χ2n) is 4.59. The van der Waals surface area contributed by atoms with E-state index in [9.17, 15) is 8.78 Å². The molecule has 2 aromatic carbocycles. The molecule has 0 amide bonds. The predicted molar refractivity (Wildman–Crippen MR) is 75.2 cm³/mol. The van der Waals surface area contributed by atoms with Crippen molar-refractivity contribution in [2.45, 2.75) is 19.4 Å². The maximum absolute atomic E-state index is 13.2. The molecule has 2 N–H and O–H groups in total. The van der Waals surface area contributed by atoms with Gasteiger partial charge in [-0.15, -0.1) is 0 Å². The molecular formula is C15H14ClF2NO. The van der Waals surface area contributed by atoms with E-state index in [1.165, 1.54) is 6.07 Å². The van der Waals surface area contributed by atoms with Crippen LogP contribution < -0.4 is 10.5 Å². The van der Waals surface area contributed by atoms with Crippen LogP contribution in [0, 0.1) is 11.6 Å². The van der Waals surface area contributed by atoms with E-state index in [2.05, 4.69) is 0 Å². The zero-order valence-corrected chi connectivity index (χ0v) is 11.6. The molecular weight excluding hydrogens is 284 g/mol. The van der Waals surface area contributed by atoms with Gasteiger partial charge in [-0.05, 0) is 37.1 Å². The fourth-order valence-corrected chi connectivity index (χ4v) is 2.07. The van der Waals surface area contributed by atoms with Crippen LogP contribution in [0.25, 0.3) is 0 Å². The monoisotopic (exact) mass is 297 g/mol. The predicted octanol–water partition coefficient (Wildman–Crippen LogP) is 4.30. The zero-order chi connectivity index (χ0) is 14.7. The largest absolute Gasteiger partial charge is 0.455 e. The lowest BCUT2D eigenvalue weighted by Gasteiger charge is -2.14. The molecule has 20 heavy (non-hydrogen) atoms. The number of halogens is 3. The maximum atomic E-state index is 13.2. The van der Waals surface area contributed by atoms with Gasteiger partial charge in [-0.2, -0.15) is 0 Å². The summed E-state index contributed by atoms with van der Waals surface area (Å²) in [7, 11) is 0. The summed E-state index contributed by atoms with van der Waals surface area (Å²) in [6, 6.07) is 8.56. The third-order valence-electron chi connectivity index (χ3n) is 2.70. The zero-order valence-electron chi connectivity index (χ0n) is 10.9. The molecule has 0 bridgehead atoms. The van der Waals surface area contributed by atoms with E-state index >= 15 is 0 Å². The number of hydrogen-bond acceptors (Lipinski definition) is 2. The molecule has 106 valence electrons. The highest BCUT2D eigenvalue weighted by Crippen LogP contribution is 2.34. The standard InChI is InChI=1S/C15H14ClF2NO/c1-9(19)7-10-3-2-4-12(16)15(10)20-11-5-6-13(17)14(18)8-11/h2-6,8-9H,7,19H2,1H3. The molecule has 0 saturated heterocycles. The number of rotatable bonds is 4. The van der Waals surface area contributed by atoms with Gasteiger partial charge in [0.2, 0.25) is 0 Å². The lowest BCUT2D eigenvalue weighted by atomic mass is 10.1. The first kappa shape index (κ1) is 14.8. The van der Waals surface area contributed by atoms with Crippen LogP contribution in [-0.4, -0.2) is 6.04 Å². The molecule has 0 aromatic heterocycles. The first-order valence-corrected chi connectivity index (χ1v) is 6.51. The highest BCUT2D eigenvalue weighted by Gasteiger charge is 2.12. The first-order chi connectivity index (χ1) is 9.47. The number of ether oxygens (including phenoxy) is 1. The summed E-state index contributed by atoms with van der Waals surface area (Å²) in [5.74, 6) is -1.30. The minimum atomic E-state index is -0.969. The van der Waals surface area contributed by atoms with Crippen LogP contribution in [-0.2, 0) is 6.42 Å². The molecule has 0 saturated carbocycles. The van der Waals surface area contributed by atoms with Gasteiger partial charge in [-0.1, -0.05) is 23.7 Å². The molecule has 2 aromatic rings. The molecule has 1 atom stereocenters. The van der Waals surface area contributed by atoms with Crippen molar-refractivity contribution in [2.24, 2.45) is 5.73 Å². The van der Waals surface area contributed by atoms with Crippen molar-refractivity contribution in [2.75, 3.05) is 0 Å². The van der Waals surface area contributed by atoms with Crippen LogP contribution in [0.3, 0.4) is 0 Å². The van der Waals surface area contributed by atoms with Gasteiger partial charge < -0.3 is 10.5 Å². The van der Waals surface area contributed by atoms with Crippen LogP contribution >= 0.6 is 11.6 Å². The van der Waals surface area contributed by atoms with Gasteiger partial charge in [-0.25, -0.2) is 8.78 Å². The van der Waals surface area contributed by atoms with E-state index in [1.54, 1.807) is 12.1 Å². The normalized spacial score (nSPS) is 12.2. The minimum absolute atomic E-state index is 0.0687. The highest BCUT2D eigenvalue weighted by atomic mass is 35.5. The van der Waals surface area contributed by atoms with Crippen molar-refractivity contribution < 1.29 is 13.5 Å². The van der Waals surface area contributed by atoms with Crippen LogP contribution in [0.15, 0.2) is 36.4 Å². The van der Waals surface area contributed by atoms with Crippen molar-refractivity contribution in [1.82, 2.24) is 0 Å². The van der Waals surface area contributed by atoms with Gasteiger partial charge in [0.25, 0.3) is 0 Å². The number of para-hydroxylation sites is 1. The Balaban J connectivity index is 2.34. The average Bonchev–Trinajstić information content (AvgIpc) is 2.37. The Hall–Kier alpha value is -1.65. The van der Waals surface area contributed by atoms with Crippen LogP contribution in [0.1, 0.15) is 12.5 Å². The Morgan fingerprint density at radius 1 is 1.20 bits per heavy atom. The van der Waals surface area contributed by atoms with Gasteiger partial charge >= 0.3 is 0 Å². The molecule has 2 rings (SSSR count). The summed E-state index contributed by atoms with van der Waals surface area (Å²) in [6.45, 7) is 1.86.